The van der Waals surface area contributed by atoms with Crippen molar-refractivity contribution >= 4 is 11.6 Å². The Balaban J connectivity index is 2.47. The first-order chi connectivity index (χ1) is 9.52. The molecule has 1 atom stereocenters. The molecule has 0 heterocycles. The van der Waals surface area contributed by atoms with Crippen LogP contribution in [0.1, 0.15) is 40.8 Å². The molecule has 1 unspecified atom stereocenters. The van der Waals surface area contributed by atoms with Crippen LogP contribution in [-0.2, 0) is 0 Å². The van der Waals surface area contributed by atoms with E-state index in [9.17, 15) is 0 Å². The lowest BCUT2D eigenvalue weighted by molar-refractivity contribution is 0.627. The van der Waals surface area contributed by atoms with Crippen LogP contribution in [0.2, 0.25) is 5.02 Å². The summed E-state index contributed by atoms with van der Waals surface area (Å²) < 4.78 is 0. The van der Waals surface area contributed by atoms with E-state index in [2.05, 4.69) is 57.3 Å². The van der Waals surface area contributed by atoms with E-state index in [-0.39, 0.29) is 6.04 Å². The summed E-state index contributed by atoms with van der Waals surface area (Å²) in [5.74, 6) is 0. The molecule has 0 aliphatic carbocycles. The monoisotopic (exact) mass is 287 g/mol. The van der Waals surface area contributed by atoms with Crippen LogP contribution < -0.4 is 5.32 Å². The molecule has 0 bridgehead atoms. The molecular weight excluding hydrogens is 266 g/mol. The lowest BCUT2D eigenvalue weighted by Gasteiger charge is -2.22. The van der Waals surface area contributed by atoms with Gasteiger partial charge in [0, 0.05) is 5.02 Å². The smallest absolute Gasteiger partial charge is 0.0579 e. The number of halogens is 1. The van der Waals surface area contributed by atoms with Crippen LogP contribution >= 0.6 is 11.6 Å². The highest BCUT2D eigenvalue weighted by atomic mass is 35.5. The SMILES string of the molecule is CCNC(c1ccc(C)c(C)c1)c1ccc(Cl)cc1C. The molecule has 0 saturated heterocycles. The number of nitrogens with one attached hydrogen (secondary N) is 1. The molecule has 0 aliphatic rings. The van der Waals surface area contributed by atoms with Crippen LogP contribution in [0.5, 0.6) is 0 Å². The molecule has 20 heavy (non-hydrogen) atoms. The Morgan fingerprint density at radius 1 is 0.950 bits per heavy atom. The van der Waals surface area contributed by atoms with Gasteiger partial charge < -0.3 is 5.32 Å². The van der Waals surface area contributed by atoms with E-state index in [1.807, 2.05) is 12.1 Å². The van der Waals surface area contributed by atoms with Gasteiger partial charge >= 0.3 is 0 Å². The molecule has 0 aromatic heterocycles. The van der Waals surface area contributed by atoms with Crippen molar-refractivity contribution in [3.05, 3.63) is 69.2 Å². The van der Waals surface area contributed by atoms with Gasteiger partial charge in [-0.1, -0.05) is 42.8 Å². The van der Waals surface area contributed by atoms with Crippen LogP contribution in [0.4, 0.5) is 0 Å². The van der Waals surface area contributed by atoms with Crippen molar-refractivity contribution in [1.29, 1.82) is 0 Å². The maximum absolute atomic E-state index is 6.07. The first-order valence-corrected chi connectivity index (χ1v) is 7.47. The molecule has 0 saturated carbocycles. The number of hydrogen-bond donors (Lipinski definition) is 1. The summed E-state index contributed by atoms with van der Waals surface area (Å²) in [5, 5.41) is 4.37. The Kier molecular flexibility index (Phi) is 4.85. The fourth-order valence-electron chi connectivity index (χ4n) is 2.52. The normalized spacial score (nSPS) is 12.4. The third-order valence-corrected chi connectivity index (χ3v) is 4.05. The van der Waals surface area contributed by atoms with Gasteiger partial charge in [-0.05, 0) is 67.3 Å². The van der Waals surface area contributed by atoms with Gasteiger partial charge in [-0.3, -0.25) is 0 Å². The summed E-state index contributed by atoms with van der Waals surface area (Å²) in [6.45, 7) is 9.50. The summed E-state index contributed by atoms with van der Waals surface area (Å²) in [6, 6.07) is 13.0. The van der Waals surface area contributed by atoms with Crippen LogP contribution in [0.3, 0.4) is 0 Å². The molecule has 2 heteroatoms. The van der Waals surface area contributed by atoms with Gasteiger partial charge in [0.1, 0.15) is 0 Å². The van der Waals surface area contributed by atoms with E-state index in [1.54, 1.807) is 0 Å². The van der Waals surface area contributed by atoms with Crippen molar-refractivity contribution in [1.82, 2.24) is 5.32 Å². The largest absolute Gasteiger partial charge is 0.307 e. The number of benzene rings is 2. The Bertz CT molecular complexity index is 604. The van der Waals surface area contributed by atoms with E-state index in [0.29, 0.717) is 0 Å². The van der Waals surface area contributed by atoms with E-state index in [1.165, 1.54) is 27.8 Å². The second-order valence-corrected chi connectivity index (χ2v) is 5.77. The van der Waals surface area contributed by atoms with Gasteiger partial charge in [0.05, 0.1) is 6.04 Å². The van der Waals surface area contributed by atoms with E-state index in [4.69, 9.17) is 11.6 Å². The molecule has 2 aromatic carbocycles. The standard InChI is InChI=1S/C18H22ClN/c1-5-20-18(15-7-6-12(2)13(3)10-15)17-9-8-16(19)11-14(17)4/h6-11,18,20H,5H2,1-4H3. The first kappa shape index (κ1) is 15.1. The van der Waals surface area contributed by atoms with Crippen LogP contribution in [0.25, 0.3) is 0 Å². The molecule has 1 nitrogen and oxygen atoms in total. The fraction of sp³-hybridized carbons (Fsp3) is 0.333. The zero-order valence-corrected chi connectivity index (χ0v) is 13.4. The Morgan fingerprint density at radius 3 is 2.30 bits per heavy atom. The van der Waals surface area contributed by atoms with Gasteiger partial charge in [0.2, 0.25) is 0 Å². The van der Waals surface area contributed by atoms with Crippen molar-refractivity contribution in [3.63, 3.8) is 0 Å². The quantitative estimate of drug-likeness (QED) is 0.838. The van der Waals surface area contributed by atoms with E-state index < -0.39 is 0 Å². The van der Waals surface area contributed by atoms with Crippen LogP contribution in [0.15, 0.2) is 36.4 Å². The Hall–Kier alpha value is -1.31. The molecule has 0 fully saturated rings. The third kappa shape index (κ3) is 3.23. The van der Waals surface area contributed by atoms with Crippen molar-refractivity contribution < 1.29 is 0 Å². The number of aryl methyl sites for hydroxylation is 3. The van der Waals surface area contributed by atoms with Crippen molar-refractivity contribution in [2.24, 2.45) is 0 Å². The van der Waals surface area contributed by atoms with Gasteiger partial charge in [0.25, 0.3) is 0 Å². The van der Waals surface area contributed by atoms with Crippen molar-refractivity contribution in [3.8, 4) is 0 Å². The average Bonchev–Trinajstić information content (AvgIpc) is 2.40. The topological polar surface area (TPSA) is 12.0 Å². The molecule has 106 valence electrons. The van der Waals surface area contributed by atoms with Gasteiger partial charge in [-0.25, -0.2) is 0 Å². The van der Waals surface area contributed by atoms with Gasteiger partial charge in [-0.15, -0.1) is 0 Å². The molecule has 0 aliphatic heterocycles. The zero-order valence-electron chi connectivity index (χ0n) is 12.6. The second-order valence-electron chi connectivity index (χ2n) is 5.34. The molecule has 0 radical (unpaired) electrons. The summed E-state index contributed by atoms with van der Waals surface area (Å²) in [4.78, 5) is 0. The van der Waals surface area contributed by atoms with Gasteiger partial charge in [-0.2, -0.15) is 0 Å². The second kappa shape index (κ2) is 6.43. The highest BCUT2D eigenvalue weighted by Crippen LogP contribution is 2.28. The summed E-state index contributed by atoms with van der Waals surface area (Å²) in [7, 11) is 0. The molecule has 0 spiro atoms. The lowest BCUT2D eigenvalue weighted by atomic mass is 9.93. The van der Waals surface area contributed by atoms with Gasteiger partial charge in [0.15, 0.2) is 0 Å². The summed E-state index contributed by atoms with van der Waals surface area (Å²) in [5.41, 5.74) is 6.48. The predicted octanol–water partition coefficient (Wildman–Crippen LogP) is 4.96. The van der Waals surface area contributed by atoms with Crippen LogP contribution in [-0.4, -0.2) is 6.54 Å². The number of rotatable bonds is 4. The Labute approximate surface area is 127 Å². The predicted molar refractivity (Wildman–Crippen MR) is 87.6 cm³/mol. The first-order valence-electron chi connectivity index (χ1n) is 7.09. The van der Waals surface area contributed by atoms with Crippen molar-refractivity contribution in [2.75, 3.05) is 6.54 Å². The van der Waals surface area contributed by atoms with Crippen molar-refractivity contribution in [2.45, 2.75) is 33.7 Å². The average molecular weight is 288 g/mol. The molecular formula is C18H22ClN. The minimum absolute atomic E-state index is 0.219. The molecule has 2 rings (SSSR count). The highest BCUT2D eigenvalue weighted by molar-refractivity contribution is 6.30. The minimum atomic E-state index is 0.219. The van der Waals surface area contributed by atoms with E-state index in [0.717, 1.165) is 11.6 Å². The zero-order chi connectivity index (χ0) is 14.7. The summed E-state index contributed by atoms with van der Waals surface area (Å²) >= 11 is 6.07. The van der Waals surface area contributed by atoms with E-state index >= 15 is 0 Å². The number of hydrogen-bond acceptors (Lipinski definition) is 1. The fourth-order valence-corrected chi connectivity index (χ4v) is 2.75. The highest BCUT2D eigenvalue weighted by Gasteiger charge is 2.15. The molecule has 1 N–H and O–H groups in total. The molecule has 0 amide bonds. The minimum Gasteiger partial charge on any atom is -0.307 e. The maximum Gasteiger partial charge on any atom is 0.0579 e. The molecule has 2 aromatic rings. The lowest BCUT2D eigenvalue weighted by Crippen LogP contribution is -2.23. The third-order valence-electron chi connectivity index (χ3n) is 3.82. The van der Waals surface area contributed by atoms with Crippen LogP contribution in [0, 0.1) is 20.8 Å². The summed E-state index contributed by atoms with van der Waals surface area (Å²) in [6.07, 6.45) is 0. The Morgan fingerprint density at radius 2 is 1.70 bits per heavy atom. The maximum atomic E-state index is 6.07.